The predicted molar refractivity (Wildman–Crippen MR) is 83.9 cm³/mol. The number of rotatable bonds is 6. The molecule has 0 spiro atoms. The van der Waals surface area contributed by atoms with Gasteiger partial charge in [0.15, 0.2) is 0 Å². The van der Waals surface area contributed by atoms with Gasteiger partial charge in [-0.15, -0.1) is 11.6 Å². The number of carbonyl (C=O) groups is 1. The average molecular weight is 330 g/mol. The summed E-state index contributed by atoms with van der Waals surface area (Å²) in [6, 6.07) is 5.47. The zero-order valence-electron chi connectivity index (χ0n) is 11.9. The van der Waals surface area contributed by atoms with Crippen LogP contribution in [-0.2, 0) is 16.1 Å². The first kappa shape index (κ1) is 16.1. The number of benzene rings is 1. The molecule has 0 bridgehead atoms. The third-order valence-corrected chi connectivity index (χ3v) is 3.55. The van der Waals surface area contributed by atoms with Gasteiger partial charge in [-0.1, -0.05) is 17.7 Å². The Morgan fingerprint density at radius 1 is 1.52 bits per heavy atom. The number of carbonyl (C=O) groups excluding carboxylic acids is 1. The number of aromatic nitrogens is 2. The first-order valence-corrected chi connectivity index (χ1v) is 7.40. The van der Waals surface area contributed by atoms with E-state index >= 15 is 0 Å². The van der Waals surface area contributed by atoms with E-state index in [1.54, 1.807) is 17.7 Å². The molecule has 7 heteroatoms. The van der Waals surface area contributed by atoms with Crippen LogP contribution in [0.5, 0.6) is 0 Å². The Balaban J connectivity index is 2.30. The van der Waals surface area contributed by atoms with Crippen molar-refractivity contribution in [2.24, 2.45) is 0 Å². The van der Waals surface area contributed by atoms with Gasteiger partial charge in [0.25, 0.3) is 0 Å². The number of nitrogens with zero attached hydrogens (tertiary/aromatic N) is 2. The highest BCUT2D eigenvalue weighted by molar-refractivity contribution is 6.35. The van der Waals surface area contributed by atoms with E-state index in [9.17, 15) is 4.79 Å². The Bertz CT molecular complexity index is 640. The van der Waals surface area contributed by atoms with Crippen molar-refractivity contribution in [2.45, 2.75) is 18.8 Å². The quantitative estimate of drug-likeness (QED) is 0.654. The van der Waals surface area contributed by atoms with Crippen molar-refractivity contribution in [1.82, 2.24) is 14.9 Å². The number of nitrogens with one attached hydrogen (secondary N) is 1. The van der Waals surface area contributed by atoms with Crippen LogP contribution in [-0.4, -0.2) is 35.7 Å². The number of hydrogen-bond donors (Lipinski definition) is 1. The van der Waals surface area contributed by atoms with Crippen molar-refractivity contribution in [3.8, 4) is 0 Å². The summed E-state index contributed by atoms with van der Waals surface area (Å²) in [4.78, 5) is 16.5. The summed E-state index contributed by atoms with van der Waals surface area (Å²) >= 11 is 12.3. The smallest absolute Gasteiger partial charge is 0.240 e. The van der Waals surface area contributed by atoms with E-state index in [1.165, 1.54) is 0 Å². The normalized spacial score (nSPS) is 12.6. The zero-order valence-corrected chi connectivity index (χ0v) is 13.4. The molecule has 0 fully saturated rings. The number of amides is 1. The average Bonchev–Trinajstić information content (AvgIpc) is 2.80. The van der Waals surface area contributed by atoms with Gasteiger partial charge in [-0.3, -0.25) is 4.79 Å². The standard InChI is InChI=1S/C14H17Cl2N3O2/c1-9(15)14-18-13-10(16)4-3-5-11(13)19(14)8-12(20)17-6-7-21-2/h3-5,9H,6-8H2,1-2H3,(H,17,20). The van der Waals surface area contributed by atoms with Crippen LogP contribution in [0.4, 0.5) is 0 Å². The maximum absolute atomic E-state index is 12.0. The van der Waals surface area contributed by atoms with Crippen LogP contribution in [0.15, 0.2) is 18.2 Å². The summed E-state index contributed by atoms with van der Waals surface area (Å²) in [6.45, 7) is 2.90. The van der Waals surface area contributed by atoms with Crippen molar-refractivity contribution >= 4 is 40.1 Å². The van der Waals surface area contributed by atoms with Gasteiger partial charge < -0.3 is 14.6 Å². The molecule has 0 aliphatic rings. The second-order valence-corrected chi connectivity index (χ2v) is 5.68. The molecule has 1 unspecified atom stereocenters. The van der Waals surface area contributed by atoms with Crippen LogP contribution < -0.4 is 5.32 Å². The molecule has 0 aliphatic heterocycles. The summed E-state index contributed by atoms with van der Waals surface area (Å²) in [5, 5.41) is 3.01. The number of para-hydroxylation sites is 1. The molecule has 0 saturated carbocycles. The molecule has 0 radical (unpaired) electrons. The minimum atomic E-state index is -0.319. The highest BCUT2D eigenvalue weighted by Crippen LogP contribution is 2.28. The van der Waals surface area contributed by atoms with Crippen LogP contribution in [0, 0.1) is 0 Å². The number of hydrogen-bond acceptors (Lipinski definition) is 3. The third kappa shape index (κ3) is 3.67. The molecule has 2 rings (SSSR count). The summed E-state index contributed by atoms with van der Waals surface area (Å²) in [5.74, 6) is 0.506. The lowest BCUT2D eigenvalue weighted by Gasteiger charge is -2.10. The fourth-order valence-corrected chi connectivity index (χ4v) is 2.47. The second-order valence-electron chi connectivity index (χ2n) is 4.62. The molecule has 1 aromatic carbocycles. The van der Waals surface area contributed by atoms with E-state index in [0.717, 1.165) is 5.52 Å². The molecule has 114 valence electrons. The van der Waals surface area contributed by atoms with Crippen molar-refractivity contribution < 1.29 is 9.53 Å². The second kappa shape index (κ2) is 7.11. The first-order chi connectivity index (χ1) is 10.0. The summed E-state index contributed by atoms with van der Waals surface area (Å²) in [5.41, 5.74) is 1.46. The van der Waals surface area contributed by atoms with E-state index in [1.807, 2.05) is 19.1 Å². The van der Waals surface area contributed by atoms with Crippen LogP contribution in [0.1, 0.15) is 18.1 Å². The predicted octanol–water partition coefficient (Wildman–Crippen LogP) is 2.75. The zero-order chi connectivity index (χ0) is 15.4. The van der Waals surface area contributed by atoms with E-state index < -0.39 is 0 Å². The fraction of sp³-hybridized carbons (Fsp3) is 0.429. The lowest BCUT2D eigenvalue weighted by atomic mass is 10.3. The molecule has 2 aromatic rings. The minimum absolute atomic E-state index is 0.120. The maximum Gasteiger partial charge on any atom is 0.240 e. The van der Waals surface area contributed by atoms with Crippen LogP contribution in [0.25, 0.3) is 11.0 Å². The molecule has 1 atom stereocenters. The molecule has 5 nitrogen and oxygen atoms in total. The van der Waals surface area contributed by atoms with Crippen molar-refractivity contribution in [3.05, 3.63) is 29.0 Å². The van der Waals surface area contributed by atoms with Crippen LogP contribution in [0.2, 0.25) is 5.02 Å². The lowest BCUT2D eigenvalue weighted by molar-refractivity contribution is -0.121. The molecule has 1 aromatic heterocycles. The van der Waals surface area contributed by atoms with Gasteiger partial charge >= 0.3 is 0 Å². The van der Waals surface area contributed by atoms with Crippen molar-refractivity contribution in [2.75, 3.05) is 20.3 Å². The van der Waals surface area contributed by atoms with Gasteiger partial charge in [0, 0.05) is 13.7 Å². The lowest BCUT2D eigenvalue weighted by Crippen LogP contribution is -2.30. The first-order valence-electron chi connectivity index (χ1n) is 6.59. The van der Waals surface area contributed by atoms with Gasteiger partial charge in [0.05, 0.1) is 22.5 Å². The monoisotopic (exact) mass is 329 g/mol. The van der Waals surface area contributed by atoms with E-state index in [0.29, 0.717) is 29.5 Å². The van der Waals surface area contributed by atoms with E-state index in [2.05, 4.69) is 10.3 Å². The Morgan fingerprint density at radius 3 is 2.95 bits per heavy atom. The molecular formula is C14H17Cl2N3O2. The molecule has 0 saturated heterocycles. The molecule has 1 heterocycles. The maximum atomic E-state index is 12.0. The fourth-order valence-electron chi connectivity index (χ4n) is 2.09. The van der Waals surface area contributed by atoms with Gasteiger partial charge in [-0.05, 0) is 19.1 Å². The van der Waals surface area contributed by atoms with Gasteiger partial charge in [0.2, 0.25) is 5.91 Å². The molecule has 1 amide bonds. The van der Waals surface area contributed by atoms with Crippen molar-refractivity contribution in [3.63, 3.8) is 0 Å². The van der Waals surface area contributed by atoms with E-state index in [4.69, 9.17) is 27.9 Å². The summed E-state index contributed by atoms with van der Waals surface area (Å²) in [6.07, 6.45) is 0. The van der Waals surface area contributed by atoms with Crippen molar-refractivity contribution in [1.29, 1.82) is 0 Å². The summed E-state index contributed by atoms with van der Waals surface area (Å²) < 4.78 is 6.70. The highest BCUT2D eigenvalue weighted by Gasteiger charge is 2.18. The number of alkyl halides is 1. The van der Waals surface area contributed by atoms with Gasteiger partial charge in [-0.2, -0.15) is 0 Å². The Morgan fingerprint density at radius 2 is 2.29 bits per heavy atom. The number of halogens is 2. The Hall–Kier alpha value is -1.30. The largest absolute Gasteiger partial charge is 0.383 e. The molecule has 0 aliphatic carbocycles. The Labute approximate surface area is 133 Å². The van der Waals surface area contributed by atoms with Gasteiger partial charge in [0.1, 0.15) is 17.9 Å². The topological polar surface area (TPSA) is 56.1 Å². The molecule has 1 N–H and O–H groups in total. The van der Waals surface area contributed by atoms with E-state index in [-0.39, 0.29) is 17.8 Å². The molecule has 21 heavy (non-hydrogen) atoms. The number of imidazole rings is 1. The summed E-state index contributed by atoms with van der Waals surface area (Å²) in [7, 11) is 1.59. The SMILES string of the molecule is COCCNC(=O)Cn1c(C(C)Cl)nc2c(Cl)cccc21. The number of methoxy groups -OCH3 is 1. The van der Waals surface area contributed by atoms with Gasteiger partial charge in [-0.25, -0.2) is 4.98 Å². The third-order valence-electron chi connectivity index (χ3n) is 3.05. The number of fused-ring (bicyclic) bond motifs is 1. The minimum Gasteiger partial charge on any atom is -0.383 e. The van der Waals surface area contributed by atoms with Crippen LogP contribution >= 0.6 is 23.2 Å². The molecular weight excluding hydrogens is 313 g/mol. The number of ether oxygens (including phenoxy) is 1. The highest BCUT2D eigenvalue weighted by atomic mass is 35.5. The Kier molecular flexibility index (Phi) is 5.45. The van der Waals surface area contributed by atoms with Crippen LogP contribution in [0.3, 0.4) is 0 Å².